The van der Waals surface area contributed by atoms with Gasteiger partial charge in [0.1, 0.15) is 11.2 Å². The molecule has 2 N–H and O–H groups in total. The summed E-state index contributed by atoms with van der Waals surface area (Å²) in [6.45, 7) is 4.50. The van der Waals surface area contributed by atoms with Crippen LogP contribution in [-0.4, -0.2) is 44.8 Å². The monoisotopic (exact) mass is 331 g/mol. The van der Waals surface area contributed by atoms with Crippen molar-refractivity contribution in [3.05, 3.63) is 42.2 Å². The Morgan fingerprint density at radius 1 is 1.39 bits per heavy atom. The van der Waals surface area contributed by atoms with Gasteiger partial charge in [0.05, 0.1) is 17.6 Å². The first-order valence-electron chi connectivity index (χ1n) is 7.62. The molecule has 122 valence electrons. The molecule has 1 aromatic heterocycles. The lowest BCUT2D eigenvalue weighted by atomic mass is 9.94. The van der Waals surface area contributed by atoms with Gasteiger partial charge in [-0.2, -0.15) is 0 Å². The first-order chi connectivity index (χ1) is 11.0. The molecule has 23 heavy (non-hydrogen) atoms. The molecule has 1 fully saturated rings. The van der Waals surface area contributed by atoms with Crippen LogP contribution in [-0.2, 0) is 4.79 Å². The molecule has 1 aliphatic heterocycles. The molecule has 3 rings (SSSR count). The van der Waals surface area contributed by atoms with Crippen LogP contribution in [0.15, 0.2) is 36.5 Å². The molecule has 6 heteroatoms. The molecule has 0 saturated carbocycles. The molecule has 0 spiro atoms. The van der Waals surface area contributed by atoms with Gasteiger partial charge in [-0.05, 0) is 0 Å². The quantitative estimate of drug-likeness (QED) is 0.884. The van der Waals surface area contributed by atoms with Crippen LogP contribution in [0.5, 0.6) is 0 Å². The zero-order valence-electron chi connectivity index (χ0n) is 13.3. The molecule has 1 amide bonds. The van der Waals surface area contributed by atoms with Gasteiger partial charge in [-0.15, -0.1) is 11.8 Å². The Hall–Kier alpha value is -1.79. The summed E-state index contributed by atoms with van der Waals surface area (Å²) in [6, 6.07) is 9.92. The van der Waals surface area contributed by atoms with Gasteiger partial charge in [-0.25, -0.2) is 4.98 Å². The number of nitrogens with one attached hydrogen (secondary N) is 1. The molecule has 1 aliphatic rings. The van der Waals surface area contributed by atoms with Crippen molar-refractivity contribution in [2.45, 2.75) is 19.2 Å². The van der Waals surface area contributed by atoms with Crippen LogP contribution in [0.25, 0.3) is 11.4 Å². The lowest BCUT2D eigenvalue weighted by Crippen LogP contribution is -2.38. The Morgan fingerprint density at radius 2 is 2.13 bits per heavy atom. The first kappa shape index (κ1) is 16.1. The number of rotatable bonds is 5. The maximum absolute atomic E-state index is 12.2. The summed E-state index contributed by atoms with van der Waals surface area (Å²) in [5.41, 5.74) is 1.63. The number of hydrogen-bond acceptors (Lipinski definition) is 4. The summed E-state index contributed by atoms with van der Waals surface area (Å²) >= 11 is 1.59. The van der Waals surface area contributed by atoms with Crippen LogP contribution in [0.3, 0.4) is 0 Å². The molecule has 1 saturated heterocycles. The second-order valence-electron chi connectivity index (χ2n) is 6.56. The van der Waals surface area contributed by atoms with Gasteiger partial charge in [0.2, 0.25) is 5.91 Å². The average Bonchev–Trinajstić information content (AvgIpc) is 3.16. The van der Waals surface area contributed by atoms with Gasteiger partial charge in [0.15, 0.2) is 0 Å². The Labute approximate surface area is 140 Å². The summed E-state index contributed by atoms with van der Waals surface area (Å²) in [5, 5.41) is 9.41. The van der Waals surface area contributed by atoms with Crippen LogP contribution in [0.4, 0.5) is 0 Å². The second kappa shape index (κ2) is 6.37. The molecule has 0 aliphatic carbocycles. The van der Waals surface area contributed by atoms with Crippen LogP contribution < -0.4 is 0 Å². The molecule has 2 heterocycles. The first-order valence-corrected chi connectivity index (χ1v) is 8.67. The van der Waals surface area contributed by atoms with E-state index in [1.54, 1.807) is 18.0 Å². The molecule has 5 nitrogen and oxygen atoms in total. The van der Waals surface area contributed by atoms with E-state index in [1.165, 1.54) is 0 Å². The minimum atomic E-state index is -0.318. The van der Waals surface area contributed by atoms with Gasteiger partial charge in [-0.1, -0.05) is 44.2 Å². The van der Waals surface area contributed by atoms with Crippen molar-refractivity contribution in [3.8, 4) is 11.4 Å². The zero-order valence-corrected chi connectivity index (χ0v) is 14.1. The Morgan fingerprint density at radius 3 is 2.83 bits per heavy atom. The average molecular weight is 331 g/mol. The van der Waals surface area contributed by atoms with E-state index in [-0.39, 0.29) is 23.3 Å². The number of H-pyrrole nitrogens is 1. The van der Waals surface area contributed by atoms with Crippen molar-refractivity contribution in [3.63, 3.8) is 0 Å². The SMILES string of the molecule is CC(C)(CO)CN1C(=O)CSC1c1cnc(-c2ccccc2)[nH]1. The van der Waals surface area contributed by atoms with Crippen molar-refractivity contribution in [1.82, 2.24) is 14.9 Å². The van der Waals surface area contributed by atoms with E-state index in [4.69, 9.17) is 0 Å². The van der Waals surface area contributed by atoms with Crippen molar-refractivity contribution < 1.29 is 9.90 Å². The largest absolute Gasteiger partial charge is 0.396 e. The van der Waals surface area contributed by atoms with Crippen molar-refractivity contribution in [1.29, 1.82) is 0 Å². The fraction of sp³-hybridized carbons (Fsp3) is 0.412. The van der Waals surface area contributed by atoms with E-state index in [2.05, 4.69) is 9.97 Å². The smallest absolute Gasteiger partial charge is 0.233 e. The standard InChI is InChI=1S/C17H21N3O2S/c1-17(2,11-21)10-20-14(22)9-23-16(20)13-8-18-15(19-13)12-6-4-3-5-7-12/h3-8,16,21H,9-11H2,1-2H3,(H,18,19). The second-order valence-corrected chi connectivity index (χ2v) is 7.63. The topological polar surface area (TPSA) is 69.2 Å². The highest BCUT2D eigenvalue weighted by atomic mass is 32.2. The number of nitrogens with zero attached hydrogens (tertiary/aromatic N) is 2. The maximum atomic E-state index is 12.2. The number of amides is 1. The number of hydrogen-bond donors (Lipinski definition) is 2. The Bertz CT molecular complexity index is 684. The third-order valence-corrected chi connectivity index (χ3v) is 5.14. The fourth-order valence-corrected chi connectivity index (χ4v) is 3.74. The van der Waals surface area contributed by atoms with Gasteiger partial charge in [0.25, 0.3) is 0 Å². The van der Waals surface area contributed by atoms with Crippen LogP contribution >= 0.6 is 11.8 Å². The molecule has 1 unspecified atom stereocenters. The summed E-state index contributed by atoms with van der Waals surface area (Å²) < 4.78 is 0. The van der Waals surface area contributed by atoms with E-state index < -0.39 is 0 Å². The Balaban J connectivity index is 1.83. The summed E-state index contributed by atoms with van der Waals surface area (Å²) in [4.78, 5) is 21.8. The highest BCUT2D eigenvalue weighted by molar-refractivity contribution is 8.00. The van der Waals surface area contributed by atoms with Crippen molar-refractivity contribution in [2.75, 3.05) is 18.9 Å². The number of benzene rings is 1. The number of aromatic nitrogens is 2. The molecule has 0 radical (unpaired) electrons. The van der Waals surface area contributed by atoms with Gasteiger partial charge in [0, 0.05) is 24.1 Å². The lowest BCUT2D eigenvalue weighted by Gasteiger charge is -2.31. The molecule has 1 atom stereocenters. The van der Waals surface area contributed by atoms with Gasteiger partial charge < -0.3 is 15.0 Å². The van der Waals surface area contributed by atoms with E-state index in [9.17, 15) is 9.90 Å². The highest BCUT2D eigenvalue weighted by Gasteiger charge is 2.37. The molecule has 0 bridgehead atoms. The maximum Gasteiger partial charge on any atom is 0.233 e. The summed E-state index contributed by atoms with van der Waals surface area (Å²) in [7, 11) is 0. The number of thioether (sulfide) groups is 1. The van der Waals surface area contributed by atoms with Gasteiger partial charge >= 0.3 is 0 Å². The minimum Gasteiger partial charge on any atom is -0.396 e. The molecular weight excluding hydrogens is 310 g/mol. The number of carbonyl (C=O) groups excluding carboxylic acids is 1. The van der Waals surface area contributed by atoms with Crippen LogP contribution in [0.2, 0.25) is 0 Å². The third-order valence-electron chi connectivity index (χ3n) is 3.90. The van der Waals surface area contributed by atoms with Crippen molar-refractivity contribution >= 4 is 17.7 Å². The number of imidazole rings is 1. The number of aromatic amines is 1. The van der Waals surface area contributed by atoms with E-state index >= 15 is 0 Å². The fourth-order valence-electron chi connectivity index (χ4n) is 2.60. The summed E-state index contributed by atoms with van der Waals surface area (Å²) in [5.74, 6) is 1.38. The number of aliphatic hydroxyl groups excluding tert-OH is 1. The van der Waals surface area contributed by atoms with E-state index in [0.29, 0.717) is 12.3 Å². The summed E-state index contributed by atoms with van der Waals surface area (Å²) in [6.07, 6.45) is 1.80. The highest BCUT2D eigenvalue weighted by Crippen LogP contribution is 2.40. The predicted molar refractivity (Wildman–Crippen MR) is 91.8 cm³/mol. The zero-order chi connectivity index (χ0) is 16.4. The predicted octanol–water partition coefficient (Wildman–Crippen LogP) is 2.67. The van der Waals surface area contributed by atoms with E-state index in [1.807, 2.05) is 49.1 Å². The van der Waals surface area contributed by atoms with Gasteiger partial charge in [-0.3, -0.25) is 4.79 Å². The third kappa shape index (κ3) is 3.43. The molecule has 1 aromatic carbocycles. The van der Waals surface area contributed by atoms with Crippen LogP contribution in [0.1, 0.15) is 24.9 Å². The van der Waals surface area contributed by atoms with Crippen molar-refractivity contribution in [2.24, 2.45) is 5.41 Å². The molecule has 2 aromatic rings. The number of carbonyl (C=O) groups is 1. The molecular formula is C17H21N3O2S. The van der Waals surface area contributed by atoms with Crippen LogP contribution in [0, 0.1) is 5.41 Å². The van der Waals surface area contributed by atoms with E-state index in [0.717, 1.165) is 17.1 Å². The lowest BCUT2D eigenvalue weighted by molar-refractivity contribution is -0.129. The number of aliphatic hydroxyl groups is 1. The Kier molecular flexibility index (Phi) is 4.46. The normalized spacial score (nSPS) is 18.7. The minimum absolute atomic E-state index is 0.0480.